The maximum Gasteiger partial charge on any atom is 0.227 e. The molecule has 2 heterocycles. The van der Waals surface area contributed by atoms with Gasteiger partial charge in [0.25, 0.3) is 0 Å². The first-order chi connectivity index (χ1) is 10.1. The first kappa shape index (κ1) is 14.4. The van der Waals surface area contributed by atoms with Crippen LogP contribution in [0, 0.1) is 0 Å². The van der Waals surface area contributed by atoms with Crippen molar-refractivity contribution in [2.24, 2.45) is 5.73 Å². The Labute approximate surface area is 132 Å². The van der Waals surface area contributed by atoms with E-state index in [1.54, 1.807) is 12.1 Å². The van der Waals surface area contributed by atoms with Crippen molar-refractivity contribution >= 4 is 35.0 Å². The van der Waals surface area contributed by atoms with Crippen LogP contribution in [0.1, 0.15) is 12.0 Å². The van der Waals surface area contributed by atoms with Gasteiger partial charge in [-0.1, -0.05) is 23.2 Å². The largest absolute Gasteiger partial charge is 0.383 e. The summed E-state index contributed by atoms with van der Waals surface area (Å²) in [6.07, 6.45) is 1.14. The number of hydrogen-bond donors (Lipinski definition) is 2. The SMILES string of the molecule is NCc1c(N)nc(N2CCC2)nc1-c1ccc(Cl)cc1Cl. The molecule has 3 rings (SSSR count). The van der Waals surface area contributed by atoms with Crippen LogP contribution in [0.15, 0.2) is 18.2 Å². The highest BCUT2D eigenvalue weighted by Gasteiger charge is 2.22. The van der Waals surface area contributed by atoms with Gasteiger partial charge in [0.1, 0.15) is 5.82 Å². The van der Waals surface area contributed by atoms with E-state index in [1.807, 2.05) is 6.07 Å². The minimum absolute atomic E-state index is 0.250. The molecule has 1 aliphatic rings. The molecule has 1 aromatic carbocycles. The molecule has 0 unspecified atom stereocenters. The van der Waals surface area contributed by atoms with Crippen molar-refractivity contribution in [3.05, 3.63) is 33.8 Å². The highest BCUT2D eigenvalue weighted by atomic mass is 35.5. The maximum absolute atomic E-state index is 6.29. The molecule has 1 aromatic heterocycles. The number of aromatic nitrogens is 2. The summed E-state index contributed by atoms with van der Waals surface area (Å²) in [7, 11) is 0. The number of nitrogens with two attached hydrogens (primary N) is 2. The fraction of sp³-hybridized carbons (Fsp3) is 0.286. The van der Waals surface area contributed by atoms with Crippen LogP contribution in [-0.2, 0) is 6.54 Å². The minimum atomic E-state index is 0.250. The van der Waals surface area contributed by atoms with Crippen molar-refractivity contribution in [3.63, 3.8) is 0 Å². The molecule has 0 atom stereocenters. The van der Waals surface area contributed by atoms with E-state index in [-0.39, 0.29) is 6.54 Å². The minimum Gasteiger partial charge on any atom is -0.383 e. The van der Waals surface area contributed by atoms with E-state index in [0.717, 1.165) is 25.1 Å². The topological polar surface area (TPSA) is 81.1 Å². The van der Waals surface area contributed by atoms with Gasteiger partial charge >= 0.3 is 0 Å². The normalized spacial score (nSPS) is 14.1. The average molecular weight is 324 g/mol. The number of benzene rings is 1. The van der Waals surface area contributed by atoms with Gasteiger partial charge in [0.2, 0.25) is 5.95 Å². The van der Waals surface area contributed by atoms with Crippen molar-refractivity contribution in [1.29, 1.82) is 0 Å². The summed E-state index contributed by atoms with van der Waals surface area (Å²) in [6.45, 7) is 2.13. The Hall–Kier alpha value is -1.56. The number of halogens is 2. The van der Waals surface area contributed by atoms with E-state index in [1.165, 1.54) is 0 Å². The molecule has 1 aliphatic heterocycles. The zero-order chi connectivity index (χ0) is 15.0. The van der Waals surface area contributed by atoms with Crippen molar-refractivity contribution in [1.82, 2.24) is 9.97 Å². The summed E-state index contributed by atoms with van der Waals surface area (Å²) in [4.78, 5) is 11.0. The quantitative estimate of drug-likeness (QED) is 0.907. The van der Waals surface area contributed by atoms with Crippen LogP contribution in [0.25, 0.3) is 11.3 Å². The lowest BCUT2D eigenvalue weighted by atomic mass is 10.1. The summed E-state index contributed by atoms with van der Waals surface area (Å²) >= 11 is 12.2. The lowest BCUT2D eigenvalue weighted by molar-refractivity contribution is 0.600. The van der Waals surface area contributed by atoms with Crippen LogP contribution in [0.4, 0.5) is 11.8 Å². The molecule has 7 heteroatoms. The number of nitrogens with zero attached hydrogens (tertiary/aromatic N) is 3. The Morgan fingerprint density at radius 1 is 1.19 bits per heavy atom. The van der Waals surface area contributed by atoms with E-state index >= 15 is 0 Å². The number of rotatable bonds is 3. The van der Waals surface area contributed by atoms with E-state index in [9.17, 15) is 0 Å². The van der Waals surface area contributed by atoms with Crippen LogP contribution in [0.2, 0.25) is 10.0 Å². The standard InChI is InChI=1S/C14H15Cl2N5/c15-8-2-3-9(11(16)6-8)12-10(7-17)13(18)20-14(19-12)21-4-1-5-21/h2-3,6H,1,4-5,7,17H2,(H2,18,19,20). The van der Waals surface area contributed by atoms with E-state index < -0.39 is 0 Å². The zero-order valence-electron chi connectivity index (χ0n) is 11.3. The molecular weight excluding hydrogens is 309 g/mol. The molecule has 21 heavy (non-hydrogen) atoms. The monoisotopic (exact) mass is 323 g/mol. The van der Waals surface area contributed by atoms with Crippen molar-refractivity contribution in [2.75, 3.05) is 23.7 Å². The molecule has 0 aliphatic carbocycles. The summed E-state index contributed by atoms with van der Waals surface area (Å²) in [5.74, 6) is 1.02. The van der Waals surface area contributed by atoms with Crippen LogP contribution >= 0.6 is 23.2 Å². The van der Waals surface area contributed by atoms with Crippen LogP contribution in [0.3, 0.4) is 0 Å². The lowest BCUT2D eigenvalue weighted by Gasteiger charge is -2.31. The Balaban J connectivity index is 2.16. The van der Waals surface area contributed by atoms with Gasteiger partial charge in [-0.3, -0.25) is 0 Å². The molecule has 5 nitrogen and oxygen atoms in total. The maximum atomic E-state index is 6.29. The molecule has 0 saturated carbocycles. The van der Waals surface area contributed by atoms with Crippen LogP contribution < -0.4 is 16.4 Å². The van der Waals surface area contributed by atoms with Gasteiger partial charge in [-0.05, 0) is 24.6 Å². The molecule has 1 fully saturated rings. The van der Waals surface area contributed by atoms with Gasteiger partial charge in [0, 0.05) is 35.8 Å². The number of hydrogen-bond acceptors (Lipinski definition) is 5. The van der Waals surface area contributed by atoms with Crippen molar-refractivity contribution < 1.29 is 0 Å². The predicted molar refractivity (Wildman–Crippen MR) is 86.6 cm³/mol. The van der Waals surface area contributed by atoms with E-state index in [2.05, 4.69) is 14.9 Å². The first-order valence-electron chi connectivity index (χ1n) is 6.67. The van der Waals surface area contributed by atoms with Gasteiger partial charge < -0.3 is 16.4 Å². The predicted octanol–water partition coefficient (Wildman–Crippen LogP) is 2.70. The zero-order valence-corrected chi connectivity index (χ0v) is 12.8. The average Bonchev–Trinajstić information content (AvgIpc) is 2.36. The molecule has 0 amide bonds. The second-order valence-corrected chi connectivity index (χ2v) is 5.75. The van der Waals surface area contributed by atoms with Crippen molar-refractivity contribution in [2.45, 2.75) is 13.0 Å². The van der Waals surface area contributed by atoms with Crippen LogP contribution in [-0.4, -0.2) is 23.1 Å². The fourth-order valence-corrected chi connectivity index (χ4v) is 2.75. The van der Waals surface area contributed by atoms with Gasteiger partial charge in [-0.2, -0.15) is 4.98 Å². The Bertz CT molecular complexity index is 685. The van der Waals surface area contributed by atoms with E-state index in [0.29, 0.717) is 33.1 Å². The summed E-state index contributed by atoms with van der Waals surface area (Å²) in [5.41, 5.74) is 14.0. The molecule has 110 valence electrons. The summed E-state index contributed by atoms with van der Waals surface area (Å²) in [6, 6.07) is 5.27. The molecule has 4 N–H and O–H groups in total. The molecule has 1 saturated heterocycles. The summed E-state index contributed by atoms with van der Waals surface area (Å²) in [5, 5.41) is 1.09. The van der Waals surface area contributed by atoms with Crippen LogP contribution in [0.5, 0.6) is 0 Å². The second kappa shape index (κ2) is 5.67. The lowest BCUT2D eigenvalue weighted by Crippen LogP contribution is -2.38. The second-order valence-electron chi connectivity index (χ2n) is 4.90. The van der Waals surface area contributed by atoms with Crippen molar-refractivity contribution in [3.8, 4) is 11.3 Å². The Kier molecular flexibility index (Phi) is 3.89. The Morgan fingerprint density at radius 3 is 2.52 bits per heavy atom. The van der Waals surface area contributed by atoms with E-state index in [4.69, 9.17) is 34.7 Å². The van der Waals surface area contributed by atoms with Gasteiger partial charge in [0.05, 0.1) is 10.7 Å². The Morgan fingerprint density at radius 2 is 1.95 bits per heavy atom. The van der Waals surface area contributed by atoms with Gasteiger partial charge in [-0.15, -0.1) is 0 Å². The third kappa shape index (κ3) is 2.64. The highest BCUT2D eigenvalue weighted by Crippen LogP contribution is 2.34. The fourth-order valence-electron chi connectivity index (χ4n) is 2.25. The molecule has 0 radical (unpaired) electrons. The van der Waals surface area contributed by atoms with Gasteiger partial charge in [-0.25, -0.2) is 4.98 Å². The third-order valence-corrected chi connectivity index (χ3v) is 4.10. The third-order valence-electron chi connectivity index (χ3n) is 3.56. The van der Waals surface area contributed by atoms with Gasteiger partial charge in [0.15, 0.2) is 0 Å². The highest BCUT2D eigenvalue weighted by molar-refractivity contribution is 6.36. The first-order valence-corrected chi connectivity index (χ1v) is 7.42. The summed E-state index contributed by atoms with van der Waals surface area (Å²) < 4.78 is 0. The smallest absolute Gasteiger partial charge is 0.227 e. The number of anilines is 2. The molecular formula is C14H15Cl2N5. The molecule has 2 aromatic rings. The number of nitrogen functional groups attached to an aromatic ring is 1. The molecule has 0 spiro atoms. The molecule has 0 bridgehead atoms.